The summed E-state index contributed by atoms with van der Waals surface area (Å²) in [6.45, 7) is 0.274. The monoisotopic (exact) mass is 427 g/mol. The molecule has 0 aliphatic heterocycles. The zero-order valence-corrected chi connectivity index (χ0v) is 17.9. The van der Waals surface area contributed by atoms with Crippen LogP contribution in [0.25, 0.3) is 0 Å². The molecule has 2 aliphatic carbocycles. The van der Waals surface area contributed by atoms with Crippen LogP contribution in [-0.4, -0.2) is 25.9 Å². The number of hydrogen-bond acceptors (Lipinski definition) is 4. The number of carbonyl (C=O) groups is 1. The van der Waals surface area contributed by atoms with Crippen LogP contribution in [0.2, 0.25) is 0 Å². The van der Waals surface area contributed by atoms with Crippen LogP contribution in [0.4, 0.5) is 0 Å². The van der Waals surface area contributed by atoms with E-state index in [4.69, 9.17) is 5.73 Å². The molecule has 6 nitrogen and oxygen atoms in total. The number of primary amides is 1. The molecule has 1 amide bonds. The number of nitrogens with zero attached hydrogens (tertiary/aromatic N) is 1. The van der Waals surface area contributed by atoms with Crippen LogP contribution in [0.3, 0.4) is 0 Å². The van der Waals surface area contributed by atoms with E-state index >= 15 is 0 Å². The van der Waals surface area contributed by atoms with Crippen LogP contribution in [0.5, 0.6) is 0 Å². The molecule has 0 spiro atoms. The van der Waals surface area contributed by atoms with Gasteiger partial charge in [0.15, 0.2) is 0 Å². The molecule has 1 aromatic carbocycles. The summed E-state index contributed by atoms with van der Waals surface area (Å²) in [6.07, 6.45) is 9.02. The van der Waals surface area contributed by atoms with Gasteiger partial charge in [0.1, 0.15) is 0 Å². The van der Waals surface area contributed by atoms with E-state index in [0.717, 1.165) is 30.5 Å². The molecule has 160 valence electrons. The maximum absolute atomic E-state index is 12.6. The van der Waals surface area contributed by atoms with Crippen LogP contribution in [0, 0.1) is 11.8 Å². The van der Waals surface area contributed by atoms with Gasteiger partial charge < -0.3 is 5.73 Å². The fraction of sp³-hybridized carbons (Fsp3) is 0.478. The minimum absolute atomic E-state index is 0.196. The maximum Gasteiger partial charge on any atom is 0.240 e. The molecule has 2 saturated carbocycles. The van der Waals surface area contributed by atoms with Crippen molar-refractivity contribution in [2.24, 2.45) is 17.6 Å². The fourth-order valence-corrected chi connectivity index (χ4v) is 6.06. The van der Waals surface area contributed by atoms with Gasteiger partial charge in [0.25, 0.3) is 0 Å². The highest BCUT2D eigenvalue weighted by molar-refractivity contribution is 7.89. The Bertz CT molecular complexity index is 986. The molecule has 2 atom stereocenters. The molecule has 2 aromatic rings. The molecular formula is C23H29N3O3S. The van der Waals surface area contributed by atoms with Crippen molar-refractivity contribution in [3.63, 3.8) is 0 Å². The van der Waals surface area contributed by atoms with Crippen molar-refractivity contribution in [2.45, 2.75) is 55.3 Å². The number of rotatable bonds is 8. The first-order chi connectivity index (χ1) is 14.4. The number of sulfonamides is 1. The summed E-state index contributed by atoms with van der Waals surface area (Å²) in [6, 6.07) is 12.3. The molecule has 0 radical (unpaired) electrons. The minimum Gasteiger partial charge on any atom is -0.369 e. The molecule has 0 unspecified atom stereocenters. The molecule has 1 aromatic heterocycles. The zero-order chi connectivity index (χ0) is 21.2. The average Bonchev–Trinajstić information content (AvgIpc) is 3.53. The van der Waals surface area contributed by atoms with Crippen molar-refractivity contribution in [3.05, 3.63) is 59.9 Å². The van der Waals surface area contributed by atoms with Gasteiger partial charge in [0.2, 0.25) is 15.9 Å². The SMILES string of the molecule is NC(=O)[C@]1(c2ccc(S(=O)(=O)NCCc3ccccn3)cc2)C[C@H]1C1CCCCC1. The third-order valence-electron chi connectivity index (χ3n) is 6.75. The minimum atomic E-state index is -3.62. The van der Waals surface area contributed by atoms with Crippen LogP contribution >= 0.6 is 0 Å². The second-order valence-corrected chi connectivity index (χ2v) is 10.3. The molecular weight excluding hydrogens is 398 g/mol. The van der Waals surface area contributed by atoms with Crippen molar-refractivity contribution < 1.29 is 13.2 Å². The summed E-state index contributed by atoms with van der Waals surface area (Å²) < 4.78 is 27.9. The lowest BCUT2D eigenvalue weighted by atomic mass is 9.80. The Labute approximate surface area is 178 Å². The summed E-state index contributed by atoms with van der Waals surface area (Å²) in [4.78, 5) is 16.8. The van der Waals surface area contributed by atoms with E-state index in [1.54, 1.807) is 30.5 Å². The van der Waals surface area contributed by atoms with E-state index in [1.165, 1.54) is 19.3 Å². The standard InChI is InChI=1S/C23H29N3O3S/c24-22(27)23(16-21(23)17-6-2-1-3-7-17)18-9-11-20(12-10-18)30(28,29)26-15-13-19-8-4-5-14-25-19/h4-5,8-12,14,17,21,26H,1-3,6-7,13,15-16H2,(H2,24,27)/t21-,23-/m0/s1. The highest BCUT2D eigenvalue weighted by atomic mass is 32.2. The quantitative estimate of drug-likeness (QED) is 0.676. The fourth-order valence-electron chi connectivity index (χ4n) is 5.03. The largest absolute Gasteiger partial charge is 0.369 e. The van der Waals surface area contributed by atoms with Gasteiger partial charge in [0, 0.05) is 24.9 Å². The lowest BCUT2D eigenvalue weighted by molar-refractivity contribution is -0.121. The van der Waals surface area contributed by atoms with Gasteiger partial charge in [-0.25, -0.2) is 13.1 Å². The van der Waals surface area contributed by atoms with E-state index in [2.05, 4.69) is 9.71 Å². The summed E-state index contributed by atoms with van der Waals surface area (Å²) in [5.74, 6) is 0.541. The van der Waals surface area contributed by atoms with E-state index in [-0.39, 0.29) is 23.3 Å². The number of carbonyl (C=O) groups excluding carboxylic acids is 1. The number of amides is 1. The number of benzene rings is 1. The lowest BCUT2D eigenvalue weighted by Crippen LogP contribution is -2.32. The first-order valence-electron chi connectivity index (χ1n) is 10.7. The predicted molar refractivity (Wildman–Crippen MR) is 115 cm³/mol. The number of nitrogens with two attached hydrogens (primary N) is 1. The summed E-state index contributed by atoms with van der Waals surface area (Å²) in [5.41, 5.74) is 6.88. The topological polar surface area (TPSA) is 102 Å². The molecule has 2 aliphatic rings. The predicted octanol–water partition coefficient (Wildman–Crippen LogP) is 2.93. The lowest BCUT2D eigenvalue weighted by Gasteiger charge is -2.24. The molecule has 3 N–H and O–H groups in total. The smallest absolute Gasteiger partial charge is 0.240 e. The number of pyridine rings is 1. The van der Waals surface area contributed by atoms with Gasteiger partial charge in [-0.3, -0.25) is 9.78 Å². The summed E-state index contributed by atoms with van der Waals surface area (Å²) in [5, 5.41) is 0. The normalized spacial score (nSPS) is 24.5. The van der Waals surface area contributed by atoms with Crippen molar-refractivity contribution in [1.29, 1.82) is 0 Å². The van der Waals surface area contributed by atoms with Crippen LogP contribution in [-0.2, 0) is 26.7 Å². The highest BCUT2D eigenvalue weighted by Gasteiger charge is 2.62. The van der Waals surface area contributed by atoms with Gasteiger partial charge in [0.05, 0.1) is 10.3 Å². The van der Waals surface area contributed by atoms with Gasteiger partial charge in [-0.05, 0) is 48.1 Å². The number of aromatic nitrogens is 1. The van der Waals surface area contributed by atoms with Gasteiger partial charge in [-0.15, -0.1) is 0 Å². The molecule has 0 saturated heterocycles. The second-order valence-electron chi connectivity index (χ2n) is 8.54. The van der Waals surface area contributed by atoms with E-state index < -0.39 is 15.4 Å². The van der Waals surface area contributed by atoms with Crippen LogP contribution < -0.4 is 10.5 Å². The van der Waals surface area contributed by atoms with E-state index in [1.807, 2.05) is 18.2 Å². The van der Waals surface area contributed by atoms with E-state index in [0.29, 0.717) is 12.3 Å². The Morgan fingerprint density at radius 1 is 1.10 bits per heavy atom. The number of hydrogen-bond donors (Lipinski definition) is 2. The van der Waals surface area contributed by atoms with Crippen LogP contribution in [0.15, 0.2) is 53.6 Å². The molecule has 4 rings (SSSR count). The van der Waals surface area contributed by atoms with Crippen molar-refractivity contribution in [1.82, 2.24) is 9.71 Å². The first kappa shape index (κ1) is 21.0. The van der Waals surface area contributed by atoms with Crippen molar-refractivity contribution in [3.8, 4) is 0 Å². The molecule has 30 heavy (non-hydrogen) atoms. The summed E-state index contributed by atoms with van der Waals surface area (Å²) in [7, 11) is -3.62. The van der Waals surface area contributed by atoms with Gasteiger partial charge in [-0.2, -0.15) is 0 Å². The molecule has 1 heterocycles. The Morgan fingerprint density at radius 3 is 2.47 bits per heavy atom. The van der Waals surface area contributed by atoms with Gasteiger partial charge in [-0.1, -0.05) is 50.3 Å². The maximum atomic E-state index is 12.6. The Hall–Kier alpha value is -2.25. The third kappa shape index (κ3) is 4.14. The Kier molecular flexibility index (Phi) is 5.93. The first-order valence-corrected chi connectivity index (χ1v) is 12.2. The van der Waals surface area contributed by atoms with Crippen molar-refractivity contribution in [2.75, 3.05) is 6.54 Å². The van der Waals surface area contributed by atoms with Crippen LogP contribution in [0.1, 0.15) is 49.8 Å². The molecule has 7 heteroatoms. The van der Waals surface area contributed by atoms with Crippen molar-refractivity contribution >= 4 is 15.9 Å². The Balaban J connectivity index is 1.44. The van der Waals surface area contributed by atoms with Gasteiger partial charge >= 0.3 is 0 Å². The average molecular weight is 428 g/mol. The second kappa shape index (κ2) is 8.47. The number of nitrogens with one attached hydrogen (secondary N) is 1. The molecule has 2 fully saturated rings. The molecule has 0 bridgehead atoms. The Morgan fingerprint density at radius 2 is 1.83 bits per heavy atom. The third-order valence-corrected chi connectivity index (χ3v) is 8.23. The van der Waals surface area contributed by atoms with E-state index in [9.17, 15) is 13.2 Å². The zero-order valence-electron chi connectivity index (χ0n) is 17.1. The highest BCUT2D eigenvalue weighted by Crippen LogP contribution is 2.60. The summed E-state index contributed by atoms with van der Waals surface area (Å²) >= 11 is 0.